The van der Waals surface area contributed by atoms with E-state index in [2.05, 4.69) is 5.32 Å². The molecule has 0 heterocycles. The standard InChI is InChI=1S/C18H26N2O6/c1-5-20(10-15(21)22)12-8-11(9-12)19-18(23)13-6-7-14(24-2)17(26-4)16(13)25-3/h6-7,11-12H,5,8-10H2,1-4H3,(H,19,23)(H,21,22). The molecule has 0 unspecified atom stereocenters. The Labute approximate surface area is 153 Å². The Balaban J connectivity index is 2.02. The molecule has 1 saturated carbocycles. The molecule has 1 fully saturated rings. The van der Waals surface area contributed by atoms with Crippen molar-refractivity contribution in [1.29, 1.82) is 0 Å². The molecular formula is C18H26N2O6. The van der Waals surface area contributed by atoms with E-state index in [1.165, 1.54) is 21.3 Å². The molecule has 0 radical (unpaired) electrons. The van der Waals surface area contributed by atoms with Crippen molar-refractivity contribution in [3.63, 3.8) is 0 Å². The van der Waals surface area contributed by atoms with Crippen LogP contribution >= 0.6 is 0 Å². The lowest BCUT2D eigenvalue weighted by Crippen LogP contribution is -2.54. The van der Waals surface area contributed by atoms with E-state index < -0.39 is 5.97 Å². The van der Waals surface area contributed by atoms with Gasteiger partial charge < -0.3 is 24.6 Å². The lowest BCUT2D eigenvalue weighted by molar-refractivity contribution is -0.139. The second-order valence-corrected chi connectivity index (χ2v) is 6.13. The topological polar surface area (TPSA) is 97.3 Å². The van der Waals surface area contributed by atoms with Gasteiger partial charge in [-0.1, -0.05) is 6.92 Å². The van der Waals surface area contributed by atoms with Gasteiger partial charge in [-0.05, 0) is 31.5 Å². The molecule has 144 valence electrons. The molecule has 0 aromatic heterocycles. The van der Waals surface area contributed by atoms with Gasteiger partial charge >= 0.3 is 5.97 Å². The normalized spacial score (nSPS) is 18.8. The summed E-state index contributed by atoms with van der Waals surface area (Å²) in [4.78, 5) is 25.4. The number of carbonyl (C=O) groups excluding carboxylic acids is 1. The highest BCUT2D eigenvalue weighted by Gasteiger charge is 2.35. The van der Waals surface area contributed by atoms with Gasteiger partial charge in [0.1, 0.15) is 0 Å². The number of carboxylic acid groups (broad SMARTS) is 1. The minimum Gasteiger partial charge on any atom is -0.493 e. The van der Waals surface area contributed by atoms with Crippen molar-refractivity contribution in [1.82, 2.24) is 10.2 Å². The van der Waals surface area contributed by atoms with E-state index >= 15 is 0 Å². The summed E-state index contributed by atoms with van der Waals surface area (Å²) in [5.74, 6) is 0.0767. The van der Waals surface area contributed by atoms with Crippen LogP contribution in [0.25, 0.3) is 0 Å². The van der Waals surface area contributed by atoms with Gasteiger partial charge in [0.15, 0.2) is 11.5 Å². The summed E-state index contributed by atoms with van der Waals surface area (Å²) in [5.41, 5.74) is 0.367. The fourth-order valence-electron chi connectivity index (χ4n) is 3.22. The number of benzene rings is 1. The highest BCUT2D eigenvalue weighted by atomic mass is 16.5. The summed E-state index contributed by atoms with van der Waals surface area (Å²) in [6.45, 7) is 2.62. The first-order valence-corrected chi connectivity index (χ1v) is 8.50. The van der Waals surface area contributed by atoms with Gasteiger partial charge in [0, 0.05) is 12.1 Å². The molecule has 1 aromatic carbocycles. The number of carbonyl (C=O) groups is 2. The highest BCUT2D eigenvalue weighted by Crippen LogP contribution is 2.40. The van der Waals surface area contributed by atoms with Gasteiger partial charge in [-0.15, -0.1) is 0 Å². The van der Waals surface area contributed by atoms with E-state index in [0.717, 1.165) is 12.8 Å². The molecule has 8 heteroatoms. The molecule has 8 nitrogen and oxygen atoms in total. The number of methoxy groups -OCH3 is 3. The second-order valence-electron chi connectivity index (χ2n) is 6.13. The molecule has 1 aliphatic carbocycles. The number of ether oxygens (including phenoxy) is 3. The van der Waals surface area contributed by atoms with E-state index in [4.69, 9.17) is 19.3 Å². The first-order chi connectivity index (χ1) is 12.4. The maximum atomic E-state index is 12.6. The van der Waals surface area contributed by atoms with Crippen LogP contribution in [-0.2, 0) is 4.79 Å². The predicted octanol–water partition coefficient (Wildman–Crippen LogP) is 1.38. The van der Waals surface area contributed by atoms with Gasteiger partial charge in [0.25, 0.3) is 5.91 Å². The smallest absolute Gasteiger partial charge is 0.317 e. The number of hydrogen-bond donors (Lipinski definition) is 2. The number of hydrogen-bond acceptors (Lipinski definition) is 6. The largest absolute Gasteiger partial charge is 0.493 e. The third-order valence-electron chi connectivity index (χ3n) is 4.66. The van der Waals surface area contributed by atoms with E-state index in [1.807, 2.05) is 11.8 Å². The van der Waals surface area contributed by atoms with Gasteiger partial charge in [-0.3, -0.25) is 14.5 Å². The summed E-state index contributed by atoms with van der Waals surface area (Å²) in [7, 11) is 4.47. The number of rotatable bonds is 9. The minimum absolute atomic E-state index is 0.00754. The zero-order valence-corrected chi connectivity index (χ0v) is 15.6. The monoisotopic (exact) mass is 366 g/mol. The molecule has 0 bridgehead atoms. The summed E-state index contributed by atoms with van der Waals surface area (Å²) in [6, 6.07) is 3.47. The number of likely N-dealkylation sites (N-methyl/N-ethyl adjacent to an activating group) is 1. The van der Waals surface area contributed by atoms with Gasteiger partial charge in [-0.2, -0.15) is 0 Å². The molecule has 2 rings (SSSR count). The van der Waals surface area contributed by atoms with E-state index in [9.17, 15) is 9.59 Å². The molecule has 1 amide bonds. The summed E-state index contributed by atoms with van der Waals surface area (Å²) in [6.07, 6.45) is 1.45. The molecule has 0 atom stereocenters. The molecule has 0 spiro atoms. The zero-order valence-electron chi connectivity index (χ0n) is 15.6. The van der Waals surface area contributed by atoms with Gasteiger partial charge in [-0.25, -0.2) is 0 Å². The van der Waals surface area contributed by atoms with Crippen molar-refractivity contribution in [3.8, 4) is 17.2 Å². The van der Waals surface area contributed by atoms with Crippen LogP contribution in [0.5, 0.6) is 17.2 Å². The summed E-state index contributed by atoms with van der Waals surface area (Å²) < 4.78 is 15.9. The SMILES string of the molecule is CCN(CC(=O)O)C1CC(NC(=O)c2ccc(OC)c(OC)c2OC)C1. The number of nitrogens with zero attached hydrogens (tertiary/aromatic N) is 1. The highest BCUT2D eigenvalue weighted by molar-refractivity contribution is 5.98. The number of carboxylic acids is 1. The maximum absolute atomic E-state index is 12.6. The van der Waals surface area contributed by atoms with Crippen molar-refractivity contribution in [2.75, 3.05) is 34.4 Å². The maximum Gasteiger partial charge on any atom is 0.317 e. The van der Waals surface area contributed by atoms with Crippen molar-refractivity contribution in [3.05, 3.63) is 17.7 Å². The van der Waals surface area contributed by atoms with Crippen LogP contribution in [0.3, 0.4) is 0 Å². The average Bonchev–Trinajstić information content (AvgIpc) is 2.60. The Bertz CT molecular complexity index is 657. The zero-order chi connectivity index (χ0) is 19.3. The molecule has 1 aliphatic rings. The van der Waals surface area contributed by atoms with Crippen molar-refractivity contribution < 1.29 is 28.9 Å². The Kier molecular flexibility index (Phi) is 6.68. The lowest BCUT2D eigenvalue weighted by Gasteiger charge is -2.42. The predicted molar refractivity (Wildman–Crippen MR) is 95.3 cm³/mol. The first-order valence-electron chi connectivity index (χ1n) is 8.50. The Morgan fingerprint density at radius 1 is 1.15 bits per heavy atom. The van der Waals surface area contributed by atoms with Crippen molar-refractivity contribution in [2.45, 2.75) is 31.8 Å². The van der Waals surface area contributed by atoms with Crippen molar-refractivity contribution in [2.24, 2.45) is 0 Å². The Morgan fingerprint density at radius 3 is 2.31 bits per heavy atom. The fourth-order valence-corrected chi connectivity index (χ4v) is 3.22. The van der Waals surface area contributed by atoms with Crippen LogP contribution in [0, 0.1) is 0 Å². The molecular weight excluding hydrogens is 340 g/mol. The van der Waals surface area contributed by atoms with Crippen LogP contribution in [0.2, 0.25) is 0 Å². The van der Waals surface area contributed by atoms with Crippen LogP contribution in [0.4, 0.5) is 0 Å². The first kappa shape index (κ1) is 19.8. The van der Waals surface area contributed by atoms with Crippen LogP contribution < -0.4 is 19.5 Å². The number of nitrogens with one attached hydrogen (secondary N) is 1. The van der Waals surface area contributed by atoms with Crippen LogP contribution in [-0.4, -0.2) is 68.4 Å². The molecule has 26 heavy (non-hydrogen) atoms. The molecule has 0 aliphatic heterocycles. The van der Waals surface area contributed by atoms with E-state index in [-0.39, 0.29) is 24.5 Å². The lowest BCUT2D eigenvalue weighted by atomic mass is 9.85. The van der Waals surface area contributed by atoms with Crippen molar-refractivity contribution >= 4 is 11.9 Å². The summed E-state index contributed by atoms with van der Waals surface area (Å²) in [5, 5.41) is 11.9. The second kappa shape index (κ2) is 8.75. The summed E-state index contributed by atoms with van der Waals surface area (Å²) >= 11 is 0. The molecule has 0 saturated heterocycles. The minimum atomic E-state index is -0.839. The quantitative estimate of drug-likeness (QED) is 0.681. The number of amides is 1. The Morgan fingerprint density at radius 2 is 1.81 bits per heavy atom. The van der Waals surface area contributed by atoms with Gasteiger partial charge in [0.05, 0.1) is 33.4 Å². The van der Waals surface area contributed by atoms with Gasteiger partial charge in [0.2, 0.25) is 5.75 Å². The average molecular weight is 366 g/mol. The third kappa shape index (κ3) is 4.19. The molecule has 2 N–H and O–H groups in total. The number of aliphatic carboxylic acids is 1. The van der Waals surface area contributed by atoms with E-state index in [0.29, 0.717) is 29.4 Å². The molecule has 1 aromatic rings. The Hall–Kier alpha value is -2.48. The van der Waals surface area contributed by atoms with Crippen LogP contribution in [0.15, 0.2) is 12.1 Å². The fraction of sp³-hybridized carbons (Fsp3) is 0.556. The third-order valence-corrected chi connectivity index (χ3v) is 4.66. The van der Waals surface area contributed by atoms with E-state index in [1.54, 1.807) is 12.1 Å². The van der Waals surface area contributed by atoms with Crippen LogP contribution in [0.1, 0.15) is 30.1 Å².